The van der Waals surface area contributed by atoms with Gasteiger partial charge in [-0.3, -0.25) is 0 Å². The Kier molecular flexibility index (Phi) is 2.86. The fourth-order valence-corrected chi connectivity index (χ4v) is 1.38. The van der Waals surface area contributed by atoms with Crippen molar-refractivity contribution in [3.05, 3.63) is 11.6 Å². The third-order valence-corrected chi connectivity index (χ3v) is 2.02. The van der Waals surface area contributed by atoms with Crippen LogP contribution >= 0.6 is 23.5 Å². The van der Waals surface area contributed by atoms with Crippen molar-refractivity contribution >= 4 is 29.2 Å². The molecule has 0 radical (unpaired) electrons. The van der Waals surface area contributed by atoms with Crippen LogP contribution in [-0.4, -0.2) is 10.1 Å². The van der Waals surface area contributed by atoms with Gasteiger partial charge in [-0.2, -0.15) is 4.37 Å². The van der Waals surface area contributed by atoms with E-state index in [1.165, 1.54) is 11.5 Å². The summed E-state index contributed by atoms with van der Waals surface area (Å²) in [6, 6.07) is 0. The second-order valence-electron chi connectivity index (χ2n) is 1.45. The largest absolute Gasteiger partial charge is 0.328 e. The summed E-state index contributed by atoms with van der Waals surface area (Å²) in [5, 5.41) is 1.99. The molecule has 0 spiro atoms. The van der Waals surface area contributed by atoms with E-state index < -0.39 is 0 Å². The molecule has 1 heterocycles. The van der Waals surface area contributed by atoms with Crippen molar-refractivity contribution in [1.29, 1.82) is 0 Å². The molecule has 0 amide bonds. The van der Waals surface area contributed by atoms with Crippen LogP contribution in [0.1, 0.15) is 6.92 Å². The normalized spacial score (nSPS) is 9.44. The number of rotatable bonds is 3. The summed E-state index contributed by atoms with van der Waals surface area (Å²) < 4.78 is 7.08. The molecule has 0 aliphatic heterocycles. The Morgan fingerprint density at radius 3 is 3.33 bits per heavy atom. The molecule has 0 aliphatic rings. The minimum absolute atomic E-state index is 1.08. The molecule has 9 heavy (non-hydrogen) atoms. The van der Waals surface area contributed by atoms with E-state index in [4.69, 9.17) is 0 Å². The van der Waals surface area contributed by atoms with Crippen molar-refractivity contribution in [1.82, 2.24) is 4.37 Å². The lowest BCUT2D eigenvalue weighted by Gasteiger charge is -1.95. The molecule has 0 unspecified atom stereocenters. The zero-order chi connectivity index (χ0) is 6.53. The Balaban J connectivity index is 2.30. The standard InChI is InChI=1S/C5H8N2S2/c1-2-8-7-5-3-6-9-4-5/h3-4,7H,2H2,1H3. The fourth-order valence-electron chi connectivity index (χ4n) is 0.411. The summed E-state index contributed by atoms with van der Waals surface area (Å²) in [6.07, 6.45) is 1.83. The van der Waals surface area contributed by atoms with E-state index in [9.17, 15) is 0 Å². The molecular weight excluding hydrogens is 152 g/mol. The van der Waals surface area contributed by atoms with Crippen LogP contribution in [0.15, 0.2) is 11.6 Å². The first kappa shape index (κ1) is 6.89. The topological polar surface area (TPSA) is 24.9 Å². The van der Waals surface area contributed by atoms with E-state index in [0.29, 0.717) is 0 Å². The quantitative estimate of drug-likeness (QED) is 0.686. The smallest absolute Gasteiger partial charge is 0.0751 e. The van der Waals surface area contributed by atoms with E-state index in [-0.39, 0.29) is 0 Å². The molecular formula is C5H8N2S2. The van der Waals surface area contributed by atoms with Gasteiger partial charge < -0.3 is 4.72 Å². The second kappa shape index (κ2) is 3.74. The number of nitrogens with one attached hydrogen (secondary N) is 1. The van der Waals surface area contributed by atoms with Crippen LogP contribution in [0.2, 0.25) is 0 Å². The molecule has 1 N–H and O–H groups in total. The minimum Gasteiger partial charge on any atom is -0.328 e. The number of hydrogen-bond acceptors (Lipinski definition) is 4. The van der Waals surface area contributed by atoms with E-state index in [1.54, 1.807) is 11.9 Å². The molecule has 4 heteroatoms. The summed E-state index contributed by atoms with van der Waals surface area (Å²) in [7, 11) is 0. The Morgan fingerprint density at radius 2 is 2.78 bits per heavy atom. The van der Waals surface area contributed by atoms with Crippen LogP contribution in [0.5, 0.6) is 0 Å². The Hall–Kier alpha value is -0.220. The monoisotopic (exact) mass is 160 g/mol. The van der Waals surface area contributed by atoms with Crippen LogP contribution in [-0.2, 0) is 0 Å². The maximum Gasteiger partial charge on any atom is 0.0751 e. The number of anilines is 1. The SMILES string of the molecule is CCSNc1cnsc1. The maximum atomic E-state index is 3.94. The summed E-state index contributed by atoms with van der Waals surface area (Å²) >= 11 is 3.15. The van der Waals surface area contributed by atoms with Gasteiger partial charge >= 0.3 is 0 Å². The van der Waals surface area contributed by atoms with Gasteiger partial charge in [0.1, 0.15) is 0 Å². The van der Waals surface area contributed by atoms with Gasteiger partial charge in [0, 0.05) is 11.1 Å². The molecule has 0 bridgehead atoms. The molecule has 1 aromatic heterocycles. The first-order valence-electron chi connectivity index (χ1n) is 2.70. The summed E-state index contributed by atoms with van der Waals surface area (Å²) in [6.45, 7) is 2.11. The van der Waals surface area contributed by atoms with Crippen LogP contribution in [0.25, 0.3) is 0 Å². The molecule has 2 nitrogen and oxygen atoms in total. The number of aromatic nitrogens is 1. The van der Waals surface area contributed by atoms with Gasteiger partial charge in [-0.1, -0.05) is 18.9 Å². The van der Waals surface area contributed by atoms with Crippen LogP contribution in [0.4, 0.5) is 5.69 Å². The van der Waals surface area contributed by atoms with Gasteiger partial charge in [0.05, 0.1) is 11.9 Å². The van der Waals surface area contributed by atoms with E-state index in [2.05, 4.69) is 16.0 Å². The van der Waals surface area contributed by atoms with Gasteiger partial charge in [-0.15, -0.1) is 0 Å². The molecule has 0 saturated heterocycles. The lowest BCUT2D eigenvalue weighted by molar-refractivity contribution is 1.52. The highest BCUT2D eigenvalue weighted by molar-refractivity contribution is 8.00. The molecule has 0 aromatic carbocycles. The van der Waals surface area contributed by atoms with E-state index in [1.807, 2.05) is 11.6 Å². The van der Waals surface area contributed by atoms with Crippen molar-refractivity contribution in [2.45, 2.75) is 6.92 Å². The number of nitrogens with zero attached hydrogens (tertiary/aromatic N) is 1. The van der Waals surface area contributed by atoms with Gasteiger partial charge in [0.15, 0.2) is 0 Å². The van der Waals surface area contributed by atoms with Crippen LogP contribution < -0.4 is 4.72 Å². The average molecular weight is 160 g/mol. The first-order chi connectivity index (χ1) is 4.43. The van der Waals surface area contributed by atoms with Gasteiger partial charge in [0.2, 0.25) is 0 Å². The molecule has 50 valence electrons. The lowest BCUT2D eigenvalue weighted by Crippen LogP contribution is -1.82. The van der Waals surface area contributed by atoms with Crippen molar-refractivity contribution in [3.8, 4) is 0 Å². The minimum atomic E-state index is 1.08. The van der Waals surface area contributed by atoms with Crippen molar-refractivity contribution in [2.75, 3.05) is 10.5 Å². The zero-order valence-electron chi connectivity index (χ0n) is 5.13. The second-order valence-corrected chi connectivity index (χ2v) is 3.18. The van der Waals surface area contributed by atoms with Crippen molar-refractivity contribution < 1.29 is 0 Å². The van der Waals surface area contributed by atoms with Crippen LogP contribution in [0.3, 0.4) is 0 Å². The highest BCUT2D eigenvalue weighted by Gasteiger charge is 1.88. The molecule has 0 aliphatic carbocycles. The summed E-state index contributed by atoms with van der Waals surface area (Å²) in [4.78, 5) is 0. The maximum absolute atomic E-state index is 3.94. The Bertz CT molecular complexity index is 150. The Morgan fingerprint density at radius 1 is 1.89 bits per heavy atom. The average Bonchev–Trinajstić information content (AvgIpc) is 2.34. The number of hydrogen-bond donors (Lipinski definition) is 1. The fraction of sp³-hybridized carbons (Fsp3) is 0.400. The van der Waals surface area contributed by atoms with Gasteiger partial charge in [-0.05, 0) is 11.5 Å². The summed E-state index contributed by atoms with van der Waals surface area (Å²) in [5.74, 6) is 1.08. The molecule has 0 atom stereocenters. The van der Waals surface area contributed by atoms with E-state index >= 15 is 0 Å². The highest BCUT2D eigenvalue weighted by Crippen LogP contribution is 2.12. The van der Waals surface area contributed by atoms with Crippen molar-refractivity contribution in [3.63, 3.8) is 0 Å². The highest BCUT2D eigenvalue weighted by atomic mass is 32.2. The van der Waals surface area contributed by atoms with Gasteiger partial charge in [0.25, 0.3) is 0 Å². The third kappa shape index (κ3) is 2.24. The molecule has 0 fully saturated rings. The predicted octanol–water partition coefficient (Wildman–Crippen LogP) is 2.22. The summed E-state index contributed by atoms with van der Waals surface area (Å²) in [5.41, 5.74) is 1.10. The molecule has 1 rings (SSSR count). The van der Waals surface area contributed by atoms with Crippen molar-refractivity contribution in [2.24, 2.45) is 0 Å². The molecule has 0 saturated carbocycles. The lowest BCUT2D eigenvalue weighted by atomic mass is 10.6. The first-order valence-corrected chi connectivity index (χ1v) is 4.53. The van der Waals surface area contributed by atoms with Crippen LogP contribution in [0, 0.1) is 0 Å². The van der Waals surface area contributed by atoms with Gasteiger partial charge in [-0.25, -0.2) is 0 Å². The third-order valence-electron chi connectivity index (χ3n) is 0.767. The van der Waals surface area contributed by atoms with E-state index in [0.717, 1.165) is 11.4 Å². The Labute approximate surface area is 63.0 Å². The zero-order valence-corrected chi connectivity index (χ0v) is 6.76. The molecule has 1 aromatic rings. The predicted molar refractivity (Wildman–Crippen MR) is 43.9 cm³/mol.